The molecular weight excluding hydrogens is 430 g/mol. The predicted octanol–water partition coefficient (Wildman–Crippen LogP) is 4.41. The smallest absolute Gasteiger partial charge is 0.408 e. The van der Waals surface area contributed by atoms with E-state index in [1.807, 2.05) is 34.6 Å². The lowest BCUT2D eigenvalue weighted by Gasteiger charge is -2.37. The van der Waals surface area contributed by atoms with Gasteiger partial charge in [0.2, 0.25) is 11.8 Å². The van der Waals surface area contributed by atoms with E-state index in [0.717, 1.165) is 0 Å². The van der Waals surface area contributed by atoms with Gasteiger partial charge >= 0.3 is 6.09 Å². The molecule has 7 heteroatoms. The molecule has 1 rings (SSSR count). The van der Waals surface area contributed by atoms with Crippen molar-refractivity contribution in [1.29, 1.82) is 0 Å². The van der Waals surface area contributed by atoms with Gasteiger partial charge in [-0.1, -0.05) is 44.4 Å². The molecule has 0 aromatic heterocycles. The van der Waals surface area contributed by atoms with Crippen LogP contribution >= 0.6 is 0 Å². The third kappa shape index (κ3) is 8.40. The van der Waals surface area contributed by atoms with E-state index in [-0.39, 0.29) is 24.3 Å². The average molecular weight is 472 g/mol. The highest BCUT2D eigenvalue weighted by Crippen LogP contribution is 2.27. The van der Waals surface area contributed by atoms with E-state index in [0.29, 0.717) is 17.5 Å². The van der Waals surface area contributed by atoms with Crippen LogP contribution in [0, 0.1) is 18.3 Å². The molecule has 1 aromatic carbocycles. The van der Waals surface area contributed by atoms with Gasteiger partial charge in [-0.25, -0.2) is 4.79 Å². The van der Waals surface area contributed by atoms with Gasteiger partial charge in [-0.05, 0) is 66.0 Å². The molecular formula is C27H41N3O4. The minimum Gasteiger partial charge on any atom is -0.444 e. The molecule has 3 atom stereocenters. The van der Waals surface area contributed by atoms with Gasteiger partial charge in [0.05, 0.1) is 0 Å². The summed E-state index contributed by atoms with van der Waals surface area (Å²) in [6, 6.07) is 5.25. The number of ether oxygens (including phenoxy) is 1. The highest BCUT2D eigenvalue weighted by Gasteiger charge is 2.38. The molecule has 0 saturated heterocycles. The Kier molecular flexibility index (Phi) is 10.2. The third-order valence-electron chi connectivity index (χ3n) is 5.24. The van der Waals surface area contributed by atoms with Crippen LogP contribution in [-0.2, 0) is 14.3 Å². The van der Waals surface area contributed by atoms with Gasteiger partial charge in [0.1, 0.15) is 17.7 Å². The highest BCUT2D eigenvalue weighted by molar-refractivity contribution is 5.93. The molecule has 3 unspecified atom stereocenters. The molecule has 0 saturated carbocycles. The van der Waals surface area contributed by atoms with Crippen molar-refractivity contribution in [3.8, 4) is 12.3 Å². The Labute approximate surface area is 205 Å². The van der Waals surface area contributed by atoms with E-state index < -0.39 is 29.3 Å². The minimum atomic E-state index is -0.962. The Morgan fingerprint density at radius 2 is 1.68 bits per heavy atom. The van der Waals surface area contributed by atoms with Gasteiger partial charge in [-0.3, -0.25) is 9.59 Å². The molecule has 7 nitrogen and oxygen atoms in total. The summed E-state index contributed by atoms with van der Waals surface area (Å²) in [7, 11) is 0. The van der Waals surface area contributed by atoms with Crippen molar-refractivity contribution in [3.63, 3.8) is 0 Å². The van der Waals surface area contributed by atoms with Gasteiger partial charge in [0.25, 0.3) is 0 Å². The van der Waals surface area contributed by atoms with Gasteiger partial charge in [0, 0.05) is 17.6 Å². The van der Waals surface area contributed by atoms with Crippen LogP contribution in [-0.4, -0.2) is 46.5 Å². The number of carbonyl (C=O) groups is 3. The zero-order valence-corrected chi connectivity index (χ0v) is 22.1. The molecule has 2 N–H and O–H groups in total. The zero-order chi connectivity index (χ0) is 26.3. The van der Waals surface area contributed by atoms with Gasteiger partial charge < -0.3 is 20.3 Å². The third-order valence-corrected chi connectivity index (χ3v) is 5.24. The topological polar surface area (TPSA) is 87.7 Å². The van der Waals surface area contributed by atoms with Crippen LogP contribution in [0.3, 0.4) is 0 Å². The monoisotopic (exact) mass is 471 g/mol. The lowest BCUT2D eigenvalue weighted by Crippen LogP contribution is -2.56. The molecule has 0 heterocycles. The maximum absolute atomic E-state index is 13.9. The van der Waals surface area contributed by atoms with Crippen molar-refractivity contribution in [2.75, 3.05) is 6.54 Å². The number of likely N-dealkylation sites (N-methyl/N-ethyl adjacent to an activating group) is 1. The van der Waals surface area contributed by atoms with Gasteiger partial charge in [0.15, 0.2) is 0 Å². The van der Waals surface area contributed by atoms with E-state index in [2.05, 4.69) is 16.6 Å². The van der Waals surface area contributed by atoms with E-state index in [1.54, 1.807) is 52.0 Å². The lowest BCUT2D eigenvalue weighted by molar-refractivity contribution is -0.143. The number of nitrogens with zero attached hydrogens (tertiary/aromatic N) is 1. The number of terminal acetylenes is 1. The molecule has 0 bridgehead atoms. The Hall–Kier alpha value is -3.01. The number of hydrogen-bond donors (Lipinski definition) is 2. The first-order chi connectivity index (χ1) is 15.6. The largest absolute Gasteiger partial charge is 0.444 e. The number of nitrogens with one attached hydrogen (secondary N) is 2. The Morgan fingerprint density at radius 1 is 1.09 bits per heavy atom. The first kappa shape index (κ1) is 29.0. The number of carbonyl (C=O) groups excluding carboxylic acids is 3. The summed E-state index contributed by atoms with van der Waals surface area (Å²) >= 11 is 0. The molecule has 0 aliphatic rings. The van der Waals surface area contributed by atoms with Crippen LogP contribution in [0.4, 0.5) is 4.79 Å². The second-order valence-electron chi connectivity index (χ2n) is 10.5. The summed E-state index contributed by atoms with van der Waals surface area (Å²) in [5.41, 5.74) is -0.142. The van der Waals surface area contributed by atoms with Crippen molar-refractivity contribution in [2.45, 2.75) is 92.0 Å². The summed E-state index contributed by atoms with van der Waals surface area (Å²) in [4.78, 5) is 41.4. The second-order valence-corrected chi connectivity index (χ2v) is 10.5. The first-order valence-corrected chi connectivity index (χ1v) is 11.8. The fourth-order valence-electron chi connectivity index (χ4n) is 3.52. The maximum atomic E-state index is 13.9. The van der Waals surface area contributed by atoms with Crippen LogP contribution in [0.25, 0.3) is 0 Å². The predicted molar refractivity (Wildman–Crippen MR) is 135 cm³/mol. The Morgan fingerprint density at radius 3 is 2.15 bits per heavy atom. The minimum absolute atomic E-state index is 0.191. The van der Waals surface area contributed by atoms with Crippen LogP contribution in [0.1, 0.15) is 85.9 Å². The SMILES string of the molecule is C#Cc1ccccc1C(C(=O)NC(C)(C)C)N(CC)C(=O)C(NC(=O)OC(C)(C)C)C(C)CC. The summed E-state index contributed by atoms with van der Waals surface area (Å²) in [6.07, 6.45) is 5.69. The van der Waals surface area contributed by atoms with Gasteiger partial charge in [-0.15, -0.1) is 6.42 Å². The highest BCUT2D eigenvalue weighted by atomic mass is 16.6. The lowest BCUT2D eigenvalue weighted by atomic mass is 9.93. The molecule has 0 radical (unpaired) electrons. The number of rotatable bonds is 8. The summed E-state index contributed by atoms with van der Waals surface area (Å²) in [6.45, 7) is 16.8. The first-order valence-electron chi connectivity index (χ1n) is 11.8. The molecule has 1 aromatic rings. The molecule has 34 heavy (non-hydrogen) atoms. The van der Waals surface area contributed by atoms with Crippen molar-refractivity contribution < 1.29 is 19.1 Å². The van der Waals surface area contributed by atoms with Crippen LogP contribution in [0.15, 0.2) is 24.3 Å². The quantitative estimate of drug-likeness (QED) is 0.550. The summed E-state index contributed by atoms with van der Waals surface area (Å²) < 4.78 is 5.39. The molecule has 3 amide bonds. The number of alkyl carbamates (subject to hydrolysis) is 1. The van der Waals surface area contributed by atoms with Gasteiger partial charge in [-0.2, -0.15) is 0 Å². The van der Waals surface area contributed by atoms with Crippen molar-refractivity contribution in [2.24, 2.45) is 5.92 Å². The average Bonchev–Trinajstić information content (AvgIpc) is 2.72. The van der Waals surface area contributed by atoms with Crippen molar-refractivity contribution >= 4 is 17.9 Å². The van der Waals surface area contributed by atoms with Crippen LogP contribution in [0.2, 0.25) is 0 Å². The number of benzene rings is 1. The van der Waals surface area contributed by atoms with Crippen LogP contribution < -0.4 is 10.6 Å². The molecule has 0 aliphatic heterocycles. The summed E-state index contributed by atoms with van der Waals surface area (Å²) in [5.74, 6) is 1.72. The number of hydrogen-bond acceptors (Lipinski definition) is 4. The second kappa shape index (κ2) is 11.9. The fourth-order valence-corrected chi connectivity index (χ4v) is 3.52. The van der Waals surface area contributed by atoms with E-state index in [9.17, 15) is 14.4 Å². The molecule has 0 spiro atoms. The van der Waals surface area contributed by atoms with Crippen molar-refractivity contribution in [1.82, 2.24) is 15.5 Å². The molecule has 0 aliphatic carbocycles. The molecule has 0 fully saturated rings. The fraction of sp³-hybridized carbons (Fsp3) is 0.593. The normalized spacial score (nSPS) is 14.2. The molecule has 188 valence electrons. The summed E-state index contributed by atoms with van der Waals surface area (Å²) in [5, 5.41) is 5.72. The van der Waals surface area contributed by atoms with Crippen molar-refractivity contribution in [3.05, 3.63) is 35.4 Å². The Balaban J connectivity index is 3.51. The number of amides is 3. The zero-order valence-electron chi connectivity index (χ0n) is 22.1. The van der Waals surface area contributed by atoms with E-state index >= 15 is 0 Å². The Bertz CT molecular complexity index is 906. The van der Waals surface area contributed by atoms with E-state index in [1.165, 1.54) is 4.90 Å². The standard InChI is InChI=1S/C27H41N3O4/c1-11-18(4)21(28-25(33)34-27(8,9)10)24(32)30(13-3)22(23(31)29-26(5,6)7)20-17-15-14-16-19(20)12-2/h2,14-18,21-22H,11,13H2,1,3-10H3,(H,28,33)(H,29,31). The van der Waals surface area contributed by atoms with E-state index in [4.69, 9.17) is 11.2 Å². The van der Waals surface area contributed by atoms with Crippen LogP contribution in [0.5, 0.6) is 0 Å². The maximum Gasteiger partial charge on any atom is 0.408 e.